The molecule has 0 saturated heterocycles. The Balaban J connectivity index is 2.05. The average Bonchev–Trinajstić information content (AvgIpc) is 2.28. The highest BCUT2D eigenvalue weighted by molar-refractivity contribution is 5.21. The molecule has 0 spiro atoms. The molecule has 0 atom stereocenters. The molecule has 2 nitrogen and oxygen atoms in total. The minimum atomic E-state index is 0.764. The van der Waals surface area contributed by atoms with Crippen LogP contribution in [0.5, 0.6) is 0 Å². The standard InChI is InChI=1S/C14H21NO/c1-3-4-9-16-10-8-15-12-14-7-5-6-13(2)11-14/h3,5-7,11,15H,1,4,8-10,12H2,2H3. The van der Waals surface area contributed by atoms with Gasteiger partial charge < -0.3 is 10.1 Å². The normalized spacial score (nSPS) is 10.3. The fraction of sp³-hybridized carbons (Fsp3) is 0.429. The van der Waals surface area contributed by atoms with Gasteiger partial charge in [-0.1, -0.05) is 35.9 Å². The van der Waals surface area contributed by atoms with Crippen molar-refractivity contribution in [3.63, 3.8) is 0 Å². The number of ether oxygens (including phenoxy) is 1. The SMILES string of the molecule is C=CCCOCCNCc1cccc(C)c1. The topological polar surface area (TPSA) is 21.3 Å². The number of hydrogen-bond acceptors (Lipinski definition) is 2. The van der Waals surface area contributed by atoms with Crippen LogP contribution in [0.15, 0.2) is 36.9 Å². The van der Waals surface area contributed by atoms with Gasteiger partial charge in [-0.2, -0.15) is 0 Å². The largest absolute Gasteiger partial charge is 0.380 e. The van der Waals surface area contributed by atoms with E-state index in [2.05, 4.69) is 43.1 Å². The Hall–Kier alpha value is -1.12. The van der Waals surface area contributed by atoms with E-state index in [0.717, 1.165) is 32.7 Å². The van der Waals surface area contributed by atoms with Crippen molar-refractivity contribution in [1.29, 1.82) is 0 Å². The molecule has 0 heterocycles. The van der Waals surface area contributed by atoms with Gasteiger partial charge in [0, 0.05) is 13.1 Å². The lowest BCUT2D eigenvalue weighted by Gasteiger charge is -2.06. The monoisotopic (exact) mass is 219 g/mol. The Bertz CT molecular complexity index is 309. The summed E-state index contributed by atoms with van der Waals surface area (Å²) in [6, 6.07) is 8.54. The second kappa shape index (κ2) is 8.08. The van der Waals surface area contributed by atoms with Crippen molar-refractivity contribution in [1.82, 2.24) is 5.32 Å². The molecule has 16 heavy (non-hydrogen) atoms. The summed E-state index contributed by atoms with van der Waals surface area (Å²) < 4.78 is 5.40. The second-order valence-electron chi connectivity index (χ2n) is 3.86. The number of nitrogens with one attached hydrogen (secondary N) is 1. The molecule has 0 saturated carbocycles. The Morgan fingerprint density at radius 1 is 1.38 bits per heavy atom. The smallest absolute Gasteiger partial charge is 0.0591 e. The van der Waals surface area contributed by atoms with Crippen molar-refractivity contribution in [2.24, 2.45) is 0 Å². The predicted molar refractivity (Wildman–Crippen MR) is 68.5 cm³/mol. The summed E-state index contributed by atoms with van der Waals surface area (Å²) >= 11 is 0. The lowest BCUT2D eigenvalue weighted by Crippen LogP contribution is -2.19. The first-order chi connectivity index (χ1) is 7.83. The molecular weight excluding hydrogens is 198 g/mol. The van der Waals surface area contributed by atoms with E-state index in [1.54, 1.807) is 0 Å². The molecule has 0 radical (unpaired) electrons. The minimum absolute atomic E-state index is 0.764. The summed E-state index contributed by atoms with van der Waals surface area (Å²) in [4.78, 5) is 0. The maximum atomic E-state index is 5.40. The zero-order valence-electron chi connectivity index (χ0n) is 10.0. The molecule has 0 bridgehead atoms. The van der Waals surface area contributed by atoms with Gasteiger partial charge in [-0.3, -0.25) is 0 Å². The maximum absolute atomic E-state index is 5.40. The molecule has 1 aromatic rings. The van der Waals surface area contributed by atoms with Crippen LogP contribution in [0.2, 0.25) is 0 Å². The summed E-state index contributed by atoms with van der Waals surface area (Å²) in [6.45, 7) is 9.10. The van der Waals surface area contributed by atoms with Gasteiger partial charge in [-0.15, -0.1) is 6.58 Å². The van der Waals surface area contributed by atoms with Crippen LogP contribution in [-0.4, -0.2) is 19.8 Å². The van der Waals surface area contributed by atoms with Gasteiger partial charge in [0.15, 0.2) is 0 Å². The van der Waals surface area contributed by atoms with Crippen molar-refractivity contribution in [2.75, 3.05) is 19.8 Å². The average molecular weight is 219 g/mol. The molecule has 1 rings (SSSR count). The Labute approximate surface area is 98.3 Å². The van der Waals surface area contributed by atoms with E-state index in [4.69, 9.17) is 4.74 Å². The van der Waals surface area contributed by atoms with Crippen molar-refractivity contribution < 1.29 is 4.74 Å². The zero-order valence-corrected chi connectivity index (χ0v) is 10.0. The van der Waals surface area contributed by atoms with Crippen molar-refractivity contribution in [3.8, 4) is 0 Å². The molecule has 0 amide bonds. The molecule has 2 heteroatoms. The van der Waals surface area contributed by atoms with Crippen LogP contribution in [0.25, 0.3) is 0 Å². The summed E-state index contributed by atoms with van der Waals surface area (Å²) in [5.41, 5.74) is 2.63. The molecule has 0 aliphatic carbocycles. The van der Waals surface area contributed by atoms with E-state index in [-0.39, 0.29) is 0 Å². The van der Waals surface area contributed by atoms with E-state index in [1.807, 2.05) is 6.08 Å². The quantitative estimate of drug-likeness (QED) is 0.536. The van der Waals surface area contributed by atoms with Crippen LogP contribution in [-0.2, 0) is 11.3 Å². The van der Waals surface area contributed by atoms with Crippen LogP contribution in [0.4, 0.5) is 0 Å². The number of hydrogen-bond donors (Lipinski definition) is 1. The van der Waals surface area contributed by atoms with Crippen molar-refractivity contribution in [2.45, 2.75) is 19.9 Å². The summed E-state index contributed by atoms with van der Waals surface area (Å²) in [5, 5.41) is 3.35. The first-order valence-electron chi connectivity index (χ1n) is 5.78. The molecule has 88 valence electrons. The highest BCUT2D eigenvalue weighted by Gasteiger charge is 1.92. The minimum Gasteiger partial charge on any atom is -0.380 e. The molecule has 1 N–H and O–H groups in total. The maximum Gasteiger partial charge on any atom is 0.0591 e. The first kappa shape index (κ1) is 12.9. The summed E-state index contributed by atoms with van der Waals surface area (Å²) in [6.07, 6.45) is 2.80. The molecule has 0 aliphatic heterocycles. The molecule has 0 aliphatic rings. The van der Waals surface area contributed by atoms with Gasteiger partial charge in [-0.25, -0.2) is 0 Å². The Kier molecular flexibility index (Phi) is 6.54. The van der Waals surface area contributed by atoms with Gasteiger partial charge in [0.05, 0.1) is 13.2 Å². The second-order valence-corrected chi connectivity index (χ2v) is 3.86. The highest BCUT2D eigenvalue weighted by atomic mass is 16.5. The van der Waals surface area contributed by atoms with Crippen LogP contribution in [0, 0.1) is 6.92 Å². The predicted octanol–water partition coefficient (Wildman–Crippen LogP) is 2.68. The van der Waals surface area contributed by atoms with E-state index in [1.165, 1.54) is 11.1 Å². The molecule has 0 aromatic heterocycles. The van der Waals surface area contributed by atoms with Crippen LogP contribution in [0.1, 0.15) is 17.5 Å². The van der Waals surface area contributed by atoms with Gasteiger partial charge in [0.2, 0.25) is 0 Å². The Morgan fingerprint density at radius 2 is 2.25 bits per heavy atom. The van der Waals surface area contributed by atoms with E-state index in [0.29, 0.717) is 0 Å². The zero-order chi connectivity index (χ0) is 11.6. The summed E-state index contributed by atoms with van der Waals surface area (Å²) in [7, 11) is 0. The van der Waals surface area contributed by atoms with Gasteiger partial charge >= 0.3 is 0 Å². The number of aryl methyl sites for hydroxylation is 1. The third kappa shape index (κ3) is 5.69. The number of rotatable bonds is 8. The third-order valence-electron chi connectivity index (χ3n) is 2.30. The first-order valence-corrected chi connectivity index (χ1v) is 5.78. The van der Waals surface area contributed by atoms with Gasteiger partial charge in [-0.05, 0) is 18.9 Å². The van der Waals surface area contributed by atoms with E-state index in [9.17, 15) is 0 Å². The summed E-state index contributed by atoms with van der Waals surface area (Å²) in [5.74, 6) is 0. The van der Waals surface area contributed by atoms with Gasteiger partial charge in [0.25, 0.3) is 0 Å². The number of benzene rings is 1. The third-order valence-corrected chi connectivity index (χ3v) is 2.30. The van der Waals surface area contributed by atoms with Crippen molar-refractivity contribution in [3.05, 3.63) is 48.0 Å². The fourth-order valence-corrected chi connectivity index (χ4v) is 1.47. The molecular formula is C14H21NO. The fourth-order valence-electron chi connectivity index (χ4n) is 1.47. The van der Waals surface area contributed by atoms with Crippen molar-refractivity contribution >= 4 is 0 Å². The lowest BCUT2D eigenvalue weighted by atomic mass is 10.1. The van der Waals surface area contributed by atoms with E-state index >= 15 is 0 Å². The van der Waals surface area contributed by atoms with Crippen LogP contribution in [0.3, 0.4) is 0 Å². The van der Waals surface area contributed by atoms with Crippen LogP contribution < -0.4 is 5.32 Å². The Morgan fingerprint density at radius 3 is 3.00 bits per heavy atom. The van der Waals surface area contributed by atoms with Gasteiger partial charge in [0.1, 0.15) is 0 Å². The highest BCUT2D eigenvalue weighted by Crippen LogP contribution is 2.02. The van der Waals surface area contributed by atoms with Crippen LogP contribution >= 0.6 is 0 Å². The molecule has 0 fully saturated rings. The van der Waals surface area contributed by atoms with E-state index < -0.39 is 0 Å². The molecule has 1 aromatic carbocycles. The lowest BCUT2D eigenvalue weighted by molar-refractivity contribution is 0.140. The molecule has 0 unspecified atom stereocenters.